The lowest BCUT2D eigenvalue weighted by molar-refractivity contribution is -0.134. The summed E-state index contributed by atoms with van der Waals surface area (Å²) in [5, 5.41) is 0. The summed E-state index contributed by atoms with van der Waals surface area (Å²) in [6.45, 7) is 8.33. The molecule has 2 heteroatoms. The van der Waals surface area contributed by atoms with E-state index in [1.807, 2.05) is 26.0 Å². The van der Waals surface area contributed by atoms with Crippen LogP contribution >= 0.6 is 0 Å². The van der Waals surface area contributed by atoms with Crippen LogP contribution in [0.15, 0.2) is 78.9 Å². The van der Waals surface area contributed by atoms with Gasteiger partial charge in [0.15, 0.2) is 0 Å². The Morgan fingerprint density at radius 2 is 1.62 bits per heavy atom. The second-order valence-electron chi connectivity index (χ2n) is 6.33. The van der Waals surface area contributed by atoms with Crippen LogP contribution in [0.4, 0.5) is 0 Å². The highest BCUT2D eigenvalue weighted by molar-refractivity contribution is 5.82. The van der Waals surface area contributed by atoms with Gasteiger partial charge in [-0.25, -0.2) is 4.79 Å². The summed E-state index contributed by atoms with van der Waals surface area (Å²) < 4.78 is 4.58. The molecule has 0 unspecified atom stereocenters. The summed E-state index contributed by atoms with van der Waals surface area (Å²) in [7, 11) is 1.37. The van der Waals surface area contributed by atoms with E-state index >= 15 is 0 Å². The average molecular weight is 351 g/mol. The Kier molecular flexibility index (Phi) is 9.14. The second kappa shape index (κ2) is 11.1. The van der Waals surface area contributed by atoms with Gasteiger partial charge >= 0.3 is 5.97 Å². The number of ether oxygens (including phenoxy) is 1. The van der Waals surface area contributed by atoms with Gasteiger partial charge < -0.3 is 4.74 Å². The molecule has 2 nitrogen and oxygen atoms in total. The third kappa shape index (κ3) is 7.10. The first-order valence-electron chi connectivity index (χ1n) is 9.08. The van der Waals surface area contributed by atoms with Gasteiger partial charge in [0.25, 0.3) is 0 Å². The predicted octanol–water partition coefficient (Wildman–Crippen LogP) is 5.87. The fraction of sp³-hybridized carbons (Fsp3) is 0.292. The third-order valence-electron chi connectivity index (χ3n) is 3.98. The number of allylic oxidation sites excluding steroid dienone is 3. The van der Waals surface area contributed by atoms with Gasteiger partial charge in [0.1, 0.15) is 0 Å². The number of carbonyl (C=O) groups is 1. The summed E-state index contributed by atoms with van der Waals surface area (Å²) in [4.78, 5) is 11.1. The summed E-state index contributed by atoms with van der Waals surface area (Å²) in [5.41, 5.74) is 3.74. The van der Waals surface area contributed by atoms with Gasteiger partial charge in [-0.2, -0.15) is 0 Å². The largest absolute Gasteiger partial charge is 0.466 e. The first kappa shape index (κ1) is 21.4. The molecule has 0 saturated heterocycles. The number of benzene rings is 2. The molecule has 0 atom stereocenters. The molecule has 0 spiro atoms. The van der Waals surface area contributed by atoms with Crippen molar-refractivity contribution in [2.45, 2.75) is 39.5 Å². The number of methoxy groups -OCH3 is 1. The fourth-order valence-corrected chi connectivity index (χ4v) is 2.51. The molecule has 2 aromatic carbocycles. The molecule has 0 aliphatic heterocycles. The molecule has 138 valence electrons. The Morgan fingerprint density at radius 3 is 2.27 bits per heavy atom. The Morgan fingerprint density at radius 1 is 0.962 bits per heavy atom. The molecule has 0 N–H and O–H groups in total. The van der Waals surface area contributed by atoms with Crippen molar-refractivity contribution in [1.29, 1.82) is 0 Å². The zero-order valence-electron chi connectivity index (χ0n) is 16.5. The van der Waals surface area contributed by atoms with E-state index in [9.17, 15) is 4.79 Å². The Hall–Kier alpha value is -2.61. The molecule has 0 aliphatic carbocycles. The minimum absolute atomic E-state index is 0.118. The van der Waals surface area contributed by atoms with Gasteiger partial charge in [-0.1, -0.05) is 101 Å². The van der Waals surface area contributed by atoms with Crippen LogP contribution in [0.25, 0.3) is 0 Å². The molecule has 26 heavy (non-hydrogen) atoms. The van der Waals surface area contributed by atoms with Crippen LogP contribution in [0.1, 0.15) is 44.4 Å². The lowest BCUT2D eigenvalue weighted by Crippen LogP contribution is -2.13. The van der Waals surface area contributed by atoms with Crippen LogP contribution in [-0.4, -0.2) is 13.1 Å². The first-order valence-corrected chi connectivity index (χ1v) is 9.08. The van der Waals surface area contributed by atoms with E-state index in [1.165, 1.54) is 29.9 Å². The van der Waals surface area contributed by atoms with Crippen LogP contribution in [0.2, 0.25) is 0 Å². The predicted molar refractivity (Wildman–Crippen MR) is 110 cm³/mol. The van der Waals surface area contributed by atoms with Crippen molar-refractivity contribution in [1.82, 2.24) is 0 Å². The van der Waals surface area contributed by atoms with Crippen molar-refractivity contribution in [3.63, 3.8) is 0 Å². The minimum Gasteiger partial charge on any atom is -0.466 e. The SMILES string of the molecule is CC.COC(=O)/C=C/C=C/C(C)(C)c1cccc(Cc2ccccc2)c1. The van der Waals surface area contributed by atoms with E-state index in [0.29, 0.717) is 0 Å². The first-order chi connectivity index (χ1) is 12.5. The zero-order chi connectivity index (χ0) is 19.4. The molecule has 2 aromatic rings. The fourth-order valence-electron chi connectivity index (χ4n) is 2.51. The molecule has 0 radical (unpaired) electrons. The summed E-state index contributed by atoms with van der Waals surface area (Å²) in [6.07, 6.45) is 8.03. The smallest absolute Gasteiger partial charge is 0.330 e. The highest BCUT2D eigenvalue weighted by atomic mass is 16.5. The van der Waals surface area contributed by atoms with Crippen LogP contribution in [0, 0.1) is 0 Å². The molecule has 0 aliphatic rings. The molecular formula is C24H30O2. The minimum atomic E-state index is -0.345. The molecule has 0 heterocycles. The average Bonchev–Trinajstić information content (AvgIpc) is 2.67. The van der Waals surface area contributed by atoms with Gasteiger partial charge in [-0.15, -0.1) is 0 Å². The lowest BCUT2D eigenvalue weighted by Gasteiger charge is -2.21. The van der Waals surface area contributed by atoms with Gasteiger partial charge in [-0.05, 0) is 23.1 Å². The van der Waals surface area contributed by atoms with Gasteiger partial charge in [0.05, 0.1) is 7.11 Å². The van der Waals surface area contributed by atoms with Gasteiger partial charge in [-0.3, -0.25) is 0 Å². The Balaban J connectivity index is 0.00000163. The number of esters is 1. The van der Waals surface area contributed by atoms with Crippen molar-refractivity contribution in [3.05, 3.63) is 95.6 Å². The molecule has 2 rings (SSSR count). The lowest BCUT2D eigenvalue weighted by atomic mass is 9.83. The van der Waals surface area contributed by atoms with E-state index < -0.39 is 0 Å². The number of hydrogen-bond donors (Lipinski definition) is 0. The highest BCUT2D eigenvalue weighted by Crippen LogP contribution is 2.26. The van der Waals surface area contributed by atoms with Crippen LogP contribution < -0.4 is 0 Å². The van der Waals surface area contributed by atoms with Gasteiger partial charge in [0, 0.05) is 11.5 Å². The monoisotopic (exact) mass is 350 g/mol. The van der Waals surface area contributed by atoms with E-state index in [2.05, 4.69) is 73.2 Å². The third-order valence-corrected chi connectivity index (χ3v) is 3.98. The van der Waals surface area contributed by atoms with E-state index in [4.69, 9.17) is 0 Å². The van der Waals surface area contributed by atoms with Crippen LogP contribution in [0.5, 0.6) is 0 Å². The van der Waals surface area contributed by atoms with E-state index in [1.54, 1.807) is 6.08 Å². The van der Waals surface area contributed by atoms with Gasteiger partial charge in [0.2, 0.25) is 0 Å². The summed E-state index contributed by atoms with van der Waals surface area (Å²) in [6, 6.07) is 19.1. The zero-order valence-corrected chi connectivity index (χ0v) is 16.5. The standard InChI is InChI=1S/C22H24O2.C2H6/c1-22(2,15-8-7-14-21(23)24-3)20-13-9-12-19(17-20)16-18-10-5-4-6-11-18;1-2/h4-15,17H,16H2,1-3H3;1-2H3/b14-7+,15-8+;. The number of carbonyl (C=O) groups excluding carboxylic acids is 1. The van der Waals surface area contributed by atoms with Crippen molar-refractivity contribution in [2.24, 2.45) is 0 Å². The maximum absolute atomic E-state index is 11.1. The molecule has 0 bridgehead atoms. The number of hydrogen-bond acceptors (Lipinski definition) is 2. The van der Waals surface area contributed by atoms with Crippen LogP contribution in [0.3, 0.4) is 0 Å². The number of rotatable bonds is 6. The molecular weight excluding hydrogens is 320 g/mol. The normalized spacial score (nSPS) is 11.3. The van der Waals surface area contributed by atoms with Crippen molar-refractivity contribution >= 4 is 5.97 Å². The van der Waals surface area contributed by atoms with E-state index in [0.717, 1.165) is 6.42 Å². The quantitative estimate of drug-likeness (QED) is 0.370. The summed E-state index contributed by atoms with van der Waals surface area (Å²) >= 11 is 0. The van der Waals surface area contributed by atoms with Crippen molar-refractivity contribution in [3.8, 4) is 0 Å². The molecule has 0 amide bonds. The van der Waals surface area contributed by atoms with Crippen molar-refractivity contribution in [2.75, 3.05) is 7.11 Å². The Bertz CT molecular complexity index is 725. The molecule has 0 fully saturated rings. The van der Waals surface area contributed by atoms with E-state index in [-0.39, 0.29) is 11.4 Å². The highest BCUT2D eigenvalue weighted by Gasteiger charge is 2.16. The topological polar surface area (TPSA) is 26.3 Å². The van der Waals surface area contributed by atoms with Crippen molar-refractivity contribution < 1.29 is 9.53 Å². The molecule has 0 saturated carbocycles. The van der Waals surface area contributed by atoms with Crippen LogP contribution in [-0.2, 0) is 21.4 Å². The summed E-state index contributed by atoms with van der Waals surface area (Å²) in [5.74, 6) is -0.345. The Labute approximate surface area is 158 Å². The maximum Gasteiger partial charge on any atom is 0.330 e. The molecule has 0 aromatic heterocycles. The second-order valence-corrected chi connectivity index (χ2v) is 6.33. The maximum atomic E-state index is 11.1.